The van der Waals surface area contributed by atoms with Crippen LogP contribution in [-0.4, -0.2) is 0 Å². The fraction of sp³-hybridized carbons (Fsp3) is 0. The summed E-state index contributed by atoms with van der Waals surface area (Å²) in [6.07, 6.45) is 0. The summed E-state index contributed by atoms with van der Waals surface area (Å²) in [5, 5.41) is 21.1. The number of benzene rings is 2. The van der Waals surface area contributed by atoms with E-state index in [2.05, 4.69) is 9.69 Å². The largest absolute Gasteiger partial charge is 0.562 e. The van der Waals surface area contributed by atoms with Crippen molar-refractivity contribution in [3.63, 3.8) is 0 Å². The van der Waals surface area contributed by atoms with E-state index in [4.69, 9.17) is 32.5 Å². The predicted octanol–water partition coefficient (Wildman–Crippen LogP) is 3.43. The maximum absolute atomic E-state index is 9.03. The minimum atomic E-state index is -0.127. The monoisotopic (exact) mass is 334 g/mol. The molecule has 4 rings (SSSR count). The van der Waals surface area contributed by atoms with Gasteiger partial charge >= 0.3 is 5.82 Å². The lowest BCUT2D eigenvalue weighted by Gasteiger charge is -1.99. The van der Waals surface area contributed by atoms with Crippen LogP contribution in [0.4, 0.5) is 0 Å². The zero-order valence-electron chi connectivity index (χ0n) is 13.1. The van der Waals surface area contributed by atoms with Crippen molar-refractivity contribution in [2.45, 2.75) is 0 Å². The second-order valence-electron chi connectivity index (χ2n) is 5.43. The molecule has 4 aromatic rings. The Kier molecular flexibility index (Phi) is 3.20. The summed E-state index contributed by atoms with van der Waals surface area (Å²) in [4.78, 5) is 6.36. The van der Waals surface area contributed by atoms with E-state index in [1.165, 1.54) is 0 Å². The predicted molar refractivity (Wildman–Crippen MR) is 94.0 cm³/mol. The molecule has 0 bridgehead atoms. The van der Waals surface area contributed by atoms with Crippen LogP contribution in [0.5, 0.6) is 0 Å². The Morgan fingerprint density at radius 1 is 0.808 bits per heavy atom. The first-order valence-corrected chi connectivity index (χ1v) is 7.38. The van der Waals surface area contributed by atoms with Crippen molar-refractivity contribution in [2.24, 2.45) is 0 Å². The summed E-state index contributed by atoms with van der Waals surface area (Å²) in [6, 6.07) is 14.3. The number of nitriles is 2. The molecule has 0 fully saturated rings. The minimum Gasteiger partial charge on any atom is -0.459 e. The second-order valence-corrected chi connectivity index (χ2v) is 5.43. The molecule has 118 valence electrons. The summed E-state index contributed by atoms with van der Waals surface area (Å²) >= 11 is 0. The molecule has 0 saturated heterocycles. The summed E-state index contributed by atoms with van der Waals surface area (Å²) in [7, 11) is 0. The molecular weight excluding hydrogens is 328 g/mol. The Balaban J connectivity index is 2.17. The highest BCUT2D eigenvalue weighted by Crippen LogP contribution is 2.30. The standard InChI is InChI=1S/C20H6N4O2/c1-23-20(24-2)17-8-12-4-6-14-15(19(12)26-17)5-3-11-7-16(25-18(11)14)13(9-21)10-22/h3-8H. The number of furan rings is 2. The minimum absolute atomic E-state index is 0.0935. The fourth-order valence-electron chi connectivity index (χ4n) is 2.90. The van der Waals surface area contributed by atoms with Crippen molar-refractivity contribution in [2.75, 3.05) is 0 Å². The third-order valence-electron chi connectivity index (χ3n) is 4.06. The van der Waals surface area contributed by atoms with E-state index in [0.717, 1.165) is 21.5 Å². The third kappa shape index (κ3) is 2.01. The number of rotatable bonds is 0. The van der Waals surface area contributed by atoms with Gasteiger partial charge in [0.15, 0.2) is 11.0 Å². The maximum atomic E-state index is 9.03. The first-order valence-electron chi connectivity index (χ1n) is 7.38. The SMILES string of the molecule is [C-]#[N+]C([N+]#[C-])=c1cc2ccc3c(ccc4cc(=C(C#N)C#N)oc43)c2o1. The fourth-order valence-corrected chi connectivity index (χ4v) is 2.90. The van der Waals surface area contributed by atoms with Crippen LogP contribution in [0.15, 0.2) is 45.2 Å². The van der Waals surface area contributed by atoms with Crippen LogP contribution in [0.25, 0.3) is 53.8 Å². The lowest BCUT2D eigenvalue weighted by Crippen LogP contribution is -1.97. The average Bonchev–Trinajstić information content (AvgIpc) is 3.27. The van der Waals surface area contributed by atoms with Gasteiger partial charge in [0.25, 0.3) is 0 Å². The van der Waals surface area contributed by atoms with E-state index in [1.54, 1.807) is 12.1 Å². The smallest absolute Gasteiger partial charge is 0.459 e. The molecule has 0 aliphatic rings. The van der Waals surface area contributed by atoms with Gasteiger partial charge in [-0.3, -0.25) is 0 Å². The van der Waals surface area contributed by atoms with Gasteiger partial charge in [-0.15, -0.1) is 0 Å². The molecule has 0 radical (unpaired) electrons. The molecule has 0 atom stereocenters. The Hall–Kier alpha value is -4.52. The van der Waals surface area contributed by atoms with E-state index in [0.29, 0.717) is 11.2 Å². The molecule has 2 aromatic carbocycles. The van der Waals surface area contributed by atoms with Crippen molar-refractivity contribution >= 4 is 44.1 Å². The van der Waals surface area contributed by atoms with Crippen molar-refractivity contribution in [1.82, 2.24) is 0 Å². The van der Waals surface area contributed by atoms with Crippen LogP contribution in [0, 0.1) is 35.8 Å². The van der Waals surface area contributed by atoms with E-state index in [1.807, 2.05) is 36.4 Å². The van der Waals surface area contributed by atoms with E-state index < -0.39 is 0 Å². The van der Waals surface area contributed by atoms with E-state index >= 15 is 0 Å². The molecule has 0 aliphatic heterocycles. The van der Waals surface area contributed by atoms with Crippen molar-refractivity contribution in [1.29, 1.82) is 10.5 Å². The Bertz CT molecular complexity index is 1370. The lowest BCUT2D eigenvalue weighted by atomic mass is 10.1. The van der Waals surface area contributed by atoms with Crippen molar-refractivity contribution in [3.8, 4) is 12.1 Å². The molecule has 6 nitrogen and oxygen atoms in total. The summed E-state index contributed by atoms with van der Waals surface area (Å²) in [6.45, 7) is 14.1. The van der Waals surface area contributed by atoms with Gasteiger partial charge in [0.2, 0.25) is 5.42 Å². The van der Waals surface area contributed by atoms with Crippen LogP contribution in [-0.2, 0) is 0 Å². The van der Waals surface area contributed by atoms with Gasteiger partial charge in [-0.1, -0.05) is 12.1 Å². The second kappa shape index (κ2) is 5.53. The Morgan fingerprint density at radius 3 is 1.81 bits per heavy atom. The van der Waals surface area contributed by atoms with Crippen molar-refractivity contribution in [3.05, 3.63) is 70.1 Å². The van der Waals surface area contributed by atoms with Gasteiger partial charge in [-0.25, -0.2) is 0 Å². The molecule has 6 heteroatoms. The zero-order valence-corrected chi connectivity index (χ0v) is 13.1. The Labute approximate surface area is 146 Å². The Morgan fingerprint density at radius 2 is 1.31 bits per heavy atom. The summed E-state index contributed by atoms with van der Waals surface area (Å²) in [5.41, 5.74) is 1.44. The van der Waals surface area contributed by atoms with Gasteiger partial charge < -0.3 is 8.83 Å². The van der Waals surface area contributed by atoms with Gasteiger partial charge in [-0.2, -0.15) is 20.2 Å². The van der Waals surface area contributed by atoms with Gasteiger partial charge in [-0.05, 0) is 24.3 Å². The van der Waals surface area contributed by atoms with E-state index in [9.17, 15) is 0 Å². The first-order chi connectivity index (χ1) is 12.7. The zero-order chi connectivity index (χ0) is 18.3. The molecule has 2 aromatic heterocycles. The van der Waals surface area contributed by atoms with Crippen LogP contribution in [0.2, 0.25) is 0 Å². The summed E-state index contributed by atoms with van der Waals surface area (Å²) in [5.74, 6) is -0.127. The van der Waals surface area contributed by atoms with Gasteiger partial charge in [0.05, 0.1) is 0 Å². The topological polar surface area (TPSA) is 82.6 Å². The molecule has 26 heavy (non-hydrogen) atoms. The molecular formula is C20H6N4O2. The van der Waals surface area contributed by atoms with Crippen LogP contribution >= 0.6 is 0 Å². The molecule has 0 N–H and O–H groups in total. The number of hydrogen-bond acceptors (Lipinski definition) is 4. The van der Waals surface area contributed by atoms with Crippen LogP contribution < -0.4 is 10.8 Å². The molecule has 0 aliphatic carbocycles. The molecule has 0 unspecified atom stereocenters. The quantitative estimate of drug-likeness (QED) is 0.461. The average molecular weight is 334 g/mol. The van der Waals surface area contributed by atoms with Crippen molar-refractivity contribution < 1.29 is 8.83 Å². The van der Waals surface area contributed by atoms with Crippen LogP contribution in [0.3, 0.4) is 0 Å². The molecule has 2 heterocycles. The van der Waals surface area contributed by atoms with E-state index in [-0.39, 0.29) is 22.2 Å². The van der Waals surface area contributed by atoms with Gasteiger partial charge in [0.1, 0.15) is 36.4 Å². The number of nitrogens with zero attached hydrogens (tertiary/aromatic N) is 4. The maximum Gasteiger partial charge on any atom is 0.562 e. The van der Waals surface area contributed by atoms with Gasteiger partial charge in [0, 0.05) is 21.5 Å². The highest BCUT2D eigenvalue weighted by atomic mass is 16.3. The summed E-state index contributed by atoms with van der Waals surface area (Å²) < 4.78 is 11.5. The third-order valence-corrected chi connectivity index (χ3v) is 4.06. The number of hydrogen-bond donors (Lipinski definition) is 0. The number of fused-ring (bicyclic) bond motifs is 5. The van der Waals surface area contributed by atoms with Crippen LogP contribution in [0.1, 0.15) is 0 Å². The molecule has 0 saturated carbocycles. The highest BCUT2D eigenvalue weighted by molar-refractivity contribution is 6.13. The molecule has 0 amide bonds. The first kappa shape index (κ1) is 15.0. The normalized spacial score (nSPS) is 10.2. The lowest BCUT2D eigenvalue weighted by molar-refractivity contribution is 0.577. The molecule has 0 spiro atoms. The highest BCUT2D eigenvalue weighted by Gasteiger charge is 2.14.